The number of imide groups is 1. The number of carbonyl (C=O) groups is 3. The van der Waals surface area contributed by atoms with E-state index in [1.165, 1.54) is 7.11 Å². The van der Waals surface area contributed by atoms with E-state index in [9.17, 15) is 14.4 Å². The molecule has 0 aromatic carbocycles. The van der Waals surface area contributed by atoms with Crippen molar-refractivity contribution in [2.45, 2.75) is 46.2 Å². The van der Waals surface area contributed by atoms with Crippen LogP contribution >= 0.6 is 0 Å². The standard InChI is InChI=1S/C16H24N2O8/c1-8-24-13(19)11(10-9(2)26-17-12(10)22-6)18(14(20)23-7)15(21)25-16(3,4)5/h11H,8H2,1-7H3/i2T. The fraction of sp³-hybridized carbons (Fsp3) is 0.625. The first-order valence-electron chi connectivity index (χ1n) is 8.40. The Bertz CT molecular complexity index is 661. The van der Waals surface area contributed by atoms with Crippen LogP contribution in [0.1, 0.15) is 46.4 Å². The molecule has 146 valence electrons. The first-order valence-corrected chi connectivity index (χ1v) is 7.69. The maximum absolute atomic E-state index is 12.7. The van der Waals surface area contributed by atoms with Crippen molar-refractivity contribution in [3.8, 4) is 5.88 Å². The Balaban J connectivity index is 3.58. The second-order valence-corrected chi connectivity index (χ2v) is 6.00. The first kappa shape index (κ1) is 19.5. The Hall–Kier alpha value is -2.78. The topological polar surface area (TPSA) is 117 Å². The molecule has 0 radical (unpaired) electrons. The third kappa shape index (κ3) is 4.87. The van der Waals surface area contributed by atoms with Gasteiger partial charge < -0.3 is 23.5 Å². The van der Waals surface area contributed by atoms with Gasteiger partial charge >= 0.3 is 18.2 Å². The van der Waals surface area contributed by atoms with Crippen molar-refractivity contribution in [2.24, 2.45) is 0 Å². The summed E-state index contributed by atoms with van der Waals surface area (Å²) >= 11 is 0. The molecule has 10 heteroatoms. The summed E-state index contributed by atoms with van der Waals surface area (Å²) < 4.78 is 32.5. The highest BCUT2D eigenvalue weighted by molar-refractivity contribution is 5.95. The van der Waals surface area contributed by atoms with E-state index in [1.807, 2.05) is 0 Å². The van der Waals surface area contributed by atoms with Gasteiger partial charge in [0.15, 0.2) is 6.04 Å². The smallest absolute Gasteiger partial charge is 0.420 e. The molecule has 0 saturated carbocycles. The van der Waals surface area contributed by atoms with Crippen LogP contribution in [0.2, 0.25) is 0 Å². The summed E-state index contributed by atoms with van der Waals surface area (Å²) in [5, 5.41) is 3.61. The molecule has 0 N–H and O–H groups in total. The van der Waals surface area contributed by atoms with Gasteiger partial charge in [-0.2, -0.15) is 4.90 Å². The number of aromatic nitrogens is 1. The van der Waals surface area contributed by atoms with Crippen LogP contribution in [0.5, 0.6) is 5.88 Å². The predicted molar refractivity (Wildman–Crippen MR) is 87.6 cm³/mol. The highest BCUT2D eigenvalue weighted by Crippen LogP contribution is 2.34. The van der Waals surface area contributed by atoms with Gasteiger partial charge in [0.25, 0.3) is 5.88 Å². The van der Waals surface area contributed by atoms with Crippen molar-refractivity contribution in [3.63, 3.8) is 0 Å². The zero-order chi connectivity index (χ0) is 20.8. The molecule has 26 heavy (non-hydrogen) atoms. The molecule has 0 aliphatic carbocycles. The summed E-state index contributed by atoms with van der Waals surface area (Å²) in [4.78, 5) is 38.1. The van der Waals surface area contributed by atoms with Crippen LogP contribution in [-0.2, 0) is 19.0 Å². The Morgan fingerprint density at radius 2 is 1.92 bits per heavy atom. The normalized spacial score (nSPS) is 12.6. The van der Waals surface area contributed by atoms with E-state index in [1.54, 1.807) is 27.7 Å². The molecule has 2 amide bonds. The summed E-state index contributed by atoms with van der Waals surface area (Å²) in [7, 11) is 2.30. The molecule has 0 saturated heterocycles. The molecular weight excluding hydrogens is 348 g/mol. The molecule has 0 bridgehead atoms. The zero-order valence-corrected chi connectivity index (χ0v) is 15.7. The lowest BCUT2D eigenvalue weighted by Gasteiger charge is -2.29. The van der Waals surface area contributed by atoms with Crippen molar-refractivity contribution in [3.05, 3.63) is 11.3 Å². The van der Waals surface area contributed by atoms with Crippen molar-refractivity contribution >= 4 is 18.2 Å². The van der Waals surface area contributed by atoms with Gasteiger partial charge in [-0.15, -0.1) is 0 Å². The lowest BCUT2D eigenvalue weighted by atomic mass is 10.1. The molecule has 0 fully saturated rings. The van der Waals surface area contributed by atoms with Gasteiger partial charge in [0, 0.05) is 1.37 Å². The fourth-order valence-corrected chi connectivity index (χ4v) is 2.00. The van der Waals surface area contributed by atoms with Crippen molar-refractivity contribution in [1.29, 1.82) is 0 Å². The molecule has 1 atom stereocenters. The van der Waals surface area contributed by atoms with E-state index in [0.717, 1.165) is 7.11 Å². The Morgan fingerprint density at radius 1 is 1.27 bits per heavy atom. The predicted octanol–water partition coefficient (Wildman–Crippen LogP) is 2.60. The number of hydrogen-bond donors (Lipinski definition) is 0. The van der Waals surface area contributed by atoms with Gasteiger partial charge in [0.05, 0.1) is 26.4 Å². The molecule has 0 aliphatic heterocycles. The van der Waals surface area contributed by atoms with Crippen molar-refractivity contribution < 1.29 is 39.2 Å². The number of rotatable bonds is 5. The summed E-state index contributed by atoms with van der Waals surface area (Å²) in [6.45, 7) is 5.88. The lowest BCUT2D eigenvalue weighted by Crippen LogP contribution is -2.46. The Morgan fingerprint density at radius 3 is 2.38 bits per heavy atom. The number of amides is 2. The Kier molecular flexibility index (Phi) is 6.42. The monoisotopic (exact) mass is 374 g/mol. The van der Waals surface area contributed by atoms with Crippen LogP contribution in [0.25, 0.3) is 0 Å². The lowest BCUT2D eigenvalue weighted by molar-refractivity contribution is -0.149. The van der Waals surface area contributed by atoms with E-state index in [0.29, 0.717) is 4.90 Å². The third-order valence-electron chi connectivity index (χ3n) is 2.97. The number of nitrogens with zero attached hydrogens (tertiary/aromatic N) is 2. The minimum absolute atomic E-state index is 0.0253. The van der Waals surface area contributed by atoms with Crippen LogP contribution in [0.4, 0.5) is 9.59 Å². The quantitative estimate of drug-likeness (QED) is 0.566. The fourth-order valence-electron chi connectivity index (χ4n) is 2.00. The van der Waals surface area contributed by atoms with E-state index in [2.05, 4.69) is 9.89 Å². The maximum atomic E-state index is 12.7. The third-order valence-corrected chi connectivity index (χ3v) is 2.97. The van der Waals surface area contributed by atoms with E-state index in [-0.39, 0.29) is 23.8 Å². The number of aryl methyl sites for hydroxylation is 1. The molecule has 1 unspecified atom stereocenters. The summed E-state index contributed by atoms with van der Waals surface area (Å²) in [6.07, 6.45) is -2.31. The number of hydrogen-bond acceptors (Lipinski definition) is 9. The minimum Gasteiger partial charge on any atom is -0.479 e. The first-order chi connectivity index (χ1) is 12.6. The highest BCUT2D eigenvalue weighted by Gasteiger charge is 2.44. The van der Waals surface area contributed by atoms with Crippen molar-refractivity contribution in [1.82, 2.24) is 10.1 Å². The van der Waals surface area contributed by atoms with Gasteiger partial charge in [-0.05, 0) is 39.8 Å². The summed E-state index contributed by atoms with van der Waals surface area (Å²) in [6, 6.07) is -1.67. The van der Waals surface area contributed by atoms with Crippen LogP contribution < -0.4 is 4.74 Å². The SMILES string of the molecule is [3H]Cc1onc(OC)c1C(C(=O)OCC)N(C(=O)OC)C(=O)OC(C)(C)C. The molecule has 0 aliphatic rings. The number of carbonyl (C=O) groups excluding carboxylic acids is 3. The van der Waals surface area contributed by atoms with Crippen LogP contribution in [-0.4, -0.2) is 54.6 Å². The Labute approximate surface area is 152 Å². The highest BCUT2D eigenvalue weighted by atomic mass is 16.6. The zero-order valence-electron chi connectivity index (χ0n) is 16.7. The number of ether oxygens (including phenoxy) is 4. The summed E-state index contributed by atoms with van der Waals surface area (Å²) in [5.41, 5.74) is -1.05. The van der Waals surface area contributed by atoms with E-state index >= 15 is 0 Å². The van der Waals surface area contributed by atoms with Gasteiger partial charge in [0.1, 0.15) is 11.4 Å². The second kappa shape index (κ2) is 8.54. The van der Waals surface area contributed by atoms with Gasteiger partial charge in [-0.3, -0.25) is 0 Å². The summed E-state index contributed by atoms with van der Waals surface area (Å²) in [5.74, 6) is -1.22. The largest absolute Gasteiger partial charge is 0.479 e. The van der Waals surface area contributed by atoms with Crippen LogP contribution in [0.3, 0.4) is 0 Å². The molecule has 1 aromatic rings. The van der Waals surface area contributed by atoms with Crippen molar-refractivity contribution in [2.75, 3.05) is 20.8 Å². The maximum Gasteiger partial charge on any atom is 0.420 e. The van der Waals surface area contributed by atoms with Gasteiger partial charge in [0.2, 0.25) is 0 Å². The number of esters is 1. The van der Waals surface area contributed by atoms with Gasteiger partial charge in [-0.25, -0.2) is 14.4 Å². The average Bonchev–Trinajstić information content (AvgIpc) is 2.99. The second-order valence-electron chi connectivity index (χ2n) is 6.00. The molecule has 0 spiro atoms. The average molecular weight is 374 g/mol. The molecular formula is C16H24N2O8. The molecule has 10 nitrogen and oxygen atoms in total. The number of methoxy groups -OCH3 is 2. The minimum atomic E-state index is -1.67. The van der Waals surface area contributed by atoms with Crippen LogP contribution in [0.15, 0.2) is 4.52 Å². The molecule has 1 aromatic heterocycles. The molecule has 1 rings (SSSR count). The molecule has 1 heterocycles. The van der Waals surface area contributed by atoms with E-state index < -0.39 is 36.7 Å². The van der Waals surface area contributed by atoms with Crippen LogP contribution in [0, 0.1) is 6.90 Å². The van der Waals surface area contributed by atoms with E-state index in [4.69, 9.17) is 20.1 Å². The van der Waals surface area contributed by atoms with Gasteiger partial charge in [-0.1, -0.05) is 0 Å².